The molecule has 2 aliphatic rings. The topological polar surface area (TPSA) is 59.0 Å². The molecule has 2 aromatic carbocycles. The number of sulfonamides is 1. The Kier molecular flexibility index (Phi) is 5.44. The molecule has 4 rings (SSSR count). The van der Waals surface area contributed by atoms with Gasteiger partial charge in [-0.1, -0.05) is 23.7 Å². The van der Waals surface area contributed by atoms with Crippen LogP contribution in [-0.4, -0.2) is 38.0 Å². The fraction of sp³-hybridized carbons (Fsp3) is 0.350. The highest BCUT2D eigenvalue weighted by Crippen LogP contribution is 2.36. The molecule has 5 nitrogen and oxygen atoms in total. The van der Waals surface area contributed by atoms with E-state index in [-0.39, 0.29) is 22.4 Å². The van der Waals surface area contributed by atoms with Gasteiger partial charge in [-0.25, -0.2) is 8.42 Å². The Morgan fingerprint density at radius 3 is 2.50 bits per heavy atom. The van der Waals surface area contributed by atoms with E-state index in [9.17, 15) is 21.6 Å². The van der Waals surface area contributed by atoms with Crippen molar-refractivity contribution in [2.45, 2.75) is 24.9 Å². The molecule has 0 aliphatic carbocycles. The molecule has 0 spiro atoms. The molecule has 1 fully saturated rings. The third-order valence-corrected chi connectivity index (χ3v) is 6.51. The van der Waals surface area contributed by atoms with Crippen LogP contribution in [0.25, 0.3) is 0 Å². The summed E-state index contributed by atoms with van der Waals surface area (Å²) in [6.07, 6.45) is -2.83. The Bertz CT molecular complexity index is 1090. The molecule has 0 amide bonds. The normalized spacial score (nSPS) is 21.0. The van der Waals surface area contributed by atoms with Crippen molar-refractivity contribution in [3.05, 3.63) is 58.6 Å². The van der Waals surface area contributed by atoms with Gasteiger partial charge in [0.2, 0.25) is 0 Å². The molecule has 2 heterocycles. The average molecular weight is 459 g/mol. The van der Waals surface area contributed by atoms with Crippen molar-refractivity contribution >= 4 is 27.5 Å². The van der Waals surface area contributed by atoms with Crippen LogP contribution in [0.1, 0.15) is 29.9 Å². The third-order valence-electron chi connectivity index (χ3n) is 5.13. The molecule has 0 N–H and O–H groups in total. The van der Waals surface area contributed by atoms with Crippen molar-refractivity contribution in [1.29, 1.82) is 0 Å². The van der Waals surface area contributed by atoms with Gasteiger partial charge in [0.05, 0.1) is 11.3 Å². The lowest BCUT2D eigenvalue weighted by molar-refractivity contribution is -0.137. The number of alkyl halides is 3. The van der Waals surface area contributed by atoms with E-state index in [1.807, 2.05) is 4.90 Å². The number of fused-ring (bicyclic) bond motifs is 1. The molecule has 1 unspecified atom stereocenters. The summed E-state index contributed by atoms with van der Waals surface area (Å²) >= 11 is 5.79. The van der Waals surface area contributed by atoms with E-state index < -0.39 is 21.8 Å². The number of hydrogen-bond donors (Lipinski definition) is 0. The standard InChI is InChI=1S/C20H18ClF3N2O3S/c21-15-10-14(20(22,23)24)11-17(12-15)29-16-5-3-13(4-6-16)18-2-1-7-26-8-9-30(27,28)25-19(18)26/h3-6,10-12,18H,1-2,7-9H2. The Morgan fingerprint density at radius 2 is 1.80 bits per heavy atom. The first-order chi connectivity index (χ1) is 14.1. The number of piperidine rings is 1. The summed E-state index contributed by atoms with van der Waals surface area (Å²) in [4.78, 5) is 2.00. The molecule has 0 bridgehead atoms. The molecule has 0 saturated carbocycles. The van der Waals surface area contributed by atoms with Gasteiger partial charge in [0.25, 0.3) is 10.0 Å². The number of hydrogen-bond acceptors (Lipinski definition) is 4. The highest BCUT2D eigenvalue weighted by atomic mass is 35.5. The minimum atomic E-state index is -4.53. The molecule has 30 heavy (non-hydrogen) atoms. The molecule has 1 atom stereocenters. The summed E-state index contributed by atoms with van der Waals surface area (Å²) in [6, 6.07) is 9.88. The summed E-state index contributed by atoms with van der Waals surface area (Å²) in [5.74, 6) is 0.765. The first-order valence-corrected chi connectivity index (χ1v) is 11.3. The molecule has 2 aromatic rings. The maximum atomic E-state index is 13.0. The van der Waals surface area contributed by atoms with E-state index in [0.29, 0.717) is 18.1 Å². The molecule has 2 aliphatic heterocycles. The third kappa shape index (κ3) is 4.57. The van der Waals surface area contributed by atoms with Crippen LogP contribution in [-0.2, 0) is 16.2 Å². The molecule has 0 aromatic heterocycles. The number of halogens is 4. The Labute approximate surface area is 177 Å². The van der Waals surface area contributed by atoms with E-state index in [0.717, 1.165) is 37.1 Å². The summed E-state index contributed by atoms with van der Waals surface area (Å²) in [5, 5.41) is -0.0738. The predicted molar refractivity (Wildman–Crippen MR) is 108 cm³/mol. The van der Waals surface area contributed by atoms with Gasteiger partial charge in [0, 0.05) is 24.0 Å². The van der Waals surface area contributed by atoms with Gasteiger partial charge in [-0.3, -0.25) is 0 Å². The van der Waals surface area contributed by atoms with Crippen LogP contribution in [0.5, 0.6) is 11.5 Å². The Morgan fingerprint density at radius 1 is 1.07 bits per heavy atom. The van der Waals surface area contributed by atoms with Crippen molar-refractivity contribution < 1.29 is 26.3 Å². The summed E-state index contributed by atoms with van der Waals surface area (Å²) in [7, 11) is -3.45. The molecule has 160 valence electrons. The van der Waals surface area contributed by atoms with Gasteiger partial charge in [-0.15, -0.1) is 4.40 Å². The second-order valence-electron chi connectivity index (χ2n) is 7.26. The smallest absolute Gasteiger partial charge is 0.416 e. The zero-order valence-corrected chi connectivity index (χ0v) is 17.3. The van der Waals surface area contributed by atoms with E-state index in [1.165, 1.54) is 6.07 Å². The highest BCUT2D eigenvalue weighted by molar-refractivity contribution is 7.90. The number of nitrogens with zero attached hydrogens (tertiary/aromatic N) is 2. The lowest BCUT2D eigenvalue weighted by Crippen LogP contribution is -2.46. The largest absolute Gasteiger partial charge is 0.457 e. The second-order valence-corrected chi connectivity index (χ2v) is 9.45. The van der Waals surface area contributed by atoms with E-state index in [4.69, 9.17) is 16.3 Å². The zero-order chi connectivity index (χ0) is 21.5. The molecule has 0 radical (unpaired) electrons. The fourth-order valence-electron chi connectivity index (χ4n) is 3.72. The van der Waals surface area contributed by atoms with Crippen LogP contribution in [0.3, 0.4) is 0 Å². The first-order valence-electron chi connectivity index (χ1n) is 9.34. The van der Waals surface area contributed by atoms with Crippen LogP contribution < -0.4 is 4.74 Å². The van der Waals surface area contributed by atoms with Gasteiger partial charge >= 0.3 is 6.18 Å². The zero-order valence-electron chi connectivity index (χ0n) is 15.7. The molecular formula is C20H18ClF3N2O3S. The number of ether oxygens (including phenoxy) is 1. The van der Waals surface area contributed by atoms with Crippen molar-refractivity contribution in [3.63, 3.8) is 0 Å². The average Bonchev–Trinajstić information content (AvgIpc) is 2.66. The fourth-order valence-corrected chi connectivity index (χ4v) is 5.01. The van der Waals surface area contributed by atoms with Crippen LogP contribution >= 0.6 is 11.6 Å². The number of amidine groups is 1. The molecule has 10 heteroatoms. The van der Waals surface area contributed by atoms with Gasteiger partial charge in [0.15, 0.2) is 0 Å². The minimum absolute atomic E-state index is 0.0193. The van der Waals surface area contributed by atoms with Crippen molar-refractivity contribution in [3.8, 4) is 11.5 Å². The van der Waals surface area contributed by atoms with Crippen molar-refractivity contribution in [2.24, 2.45) is 4.40 Å². The van der Waals surface area contributed by atoms with Crippen LogP contribution in [0.2, 0.25) is 5.02 Å². The molecular weight excluding hydrogens is 441 g/mol. The number of benzene rings is 2. The lowest BCUT2D eigenvalue weighted by atomic mass is 9.89. The minimum Gasteiger partial charge on any atom is -0.457 e. The Hall–Kier alpha value is -2.26. The highest BCUT2D eigenvalue weighted by Gasteiger charge is 2.34. The van der Waals surface area contributed by atoms with Crippen LogP contribution in [0, 0.1) is 0 Å². The second kappa shape index (κ2) is 7.77. The van der Waals surface area contributed by atoms with E-state index in [1.54, 1.807) is 24.3 Å². The number of rotatable bonds is 3. The first kappa shape index (κ1) is 21.0. The van der Waals surface area contributed by atoms with Crippen molar-refractivity contribution in [1.82, 2.24) is 4.90 Å². The van der Waals surface area contributed by atoms with Crippen molar-refractivity contribution in [2.75, 3.05) is 18.8 Å². The van der Waals surface area contributed by atoms with Crippen LogP contribution in [0.15, 0.2) is 46.9 Å². The Balaban J connectivity index is 1.56. The quantitative estimate of drug-likeness (QED) is 0.644. The summed E-state index contributed by atoms with van der Waals surface area (Å²) in [5.41, 5.74) is -0.00888. The van der Waals surface area contributed by atoms with Gasteiger partial charge in [-0.2, -0.15) is 13.2 Å². The molecule has 1 saturated heterocycles. The SMILES string of the molecule is O=S1(=O)CCN2CCCC(c3ccc(Oc4cc(Cl)cc(C(F)(F)F)c4)cc3)C2=N1. The van der Waals surface area contributed by atoms with E-state index >= 15 is 0 Å². The predicted octanol–water partition coefficient (Wildman–Crippen LogP) is 5.07. The maximum absolute atomic E-state index is 13.0. The monoisotopic (exact) mass is 458 g/mol. The summed E-state index contributed by atoms with van der Waals surface area (Å²) < 4.78 is 72.3. The van der Waals surface area contributed by atoms with Gasteiger partial charge < -0.3 is 9.64 Å². The van der Waals surface area contributed by atoms with E-state index in [2.05, 4.69) is 4.40 Å². The van der Waals surface area contributed by atoms with Crippen LogP contribution in [0.4, 0.5) is 13.2 Å². The lowest BCUT2D eigenvalue weighted by Gasteiger charge is -2.37. The maximum Gasteiger partial charge on any atom is 0.416 e. The van der Waals surface area contributed by atoms with Gasteiger partial charge in [-0.05, 0) is 48.7 Å². The summed E-state index contributed by atoms with van der Waals surface area (Å²) in [6.45, 7) is 1.22. The van der Waals surface area contributed by atoms with Gasteiger partial charge in [0.1, 0.15) is 17.3 Å².